The Balaban J connectivity index is 1.98. The van der Waals surface area contributed by atoms with Gasteiger partial charge in [0.15, 0.2) is 4.33 Å². The first-order valence-corrected chi connectivity index (χ1v) is 5.44. The molecule has 0 aliphatic carbocycles. The zero-order valence-electron chi connectivity index (χ0n) is 6.15. The molecule has 0 radical (unpaired) electrons. The van der Waals surface area contributed by atoms with Gasteiger partial charge in [0.1, 0.15) is 18.3 Å². The SMILES string of the molecule is ClC(Cl)(Cl)C1OC1C(Cl)(Cl)C1CO1. The van der Waals surface area contributed by atoms with Crippen molar-refractivity contribution in [3.8, 4) is 0 Å². The van der Waals surface area contributed by atoms with Crippen LogP contribution in [0.15, 0.2) is 0 Å². The zero-order chi connectivity index (χ0) is 9.85. The van der Waals surface area contributed by atoms with E-state index in [0.29, 0.717) is 6.61 Å². The molecule has 0 aromatic carbocycles. The van der Waals surface area contributed by atoms with Gasteiger partial charge in [-0.3, -0.25) is 0 Å². The third-order valence-electron chi connectivity index (χ3n) is 1.96. The van der Waals surface area contributed by atoms with E-state index in [1.165, 1.54) is 0 Å². The van der Waals surface area contributed by atoms with E-state index >= 15 is 0 Å². The summed E-state index contributed by atoms with van der Waals surface area (Å²) in [6.07, 6.45) is -1.22. The lowest BCUT2D eigenvalue weighted by Gasteiger charge is -2.14. The van der Waals surface area contributed by atoms with Crippen LogP contribution in [0.1, 0.15) is 0 Å². The molecule has 2 saturated heterocycles. The van der Waals surface area contributed by atoms with Gasteiger partial charge in [0.05, 0.1) is 6.61 Å². The summed E-state index contributed by atoms with van der Waals surface area (Å²) in [7, 11) is 0. The number of hydrogen-bond acceptors (Lipinski definition) is 2. The molecule has 3 unspecified atom stereocenters. The predicted octanol–water partition coefficient (Wildman–Crippen LogP) is 2.70. The highest BCUT2D eigenvalue weighted by atomic mass is 35.6. The van der Waals surface area contributed by atoms with Gasteiger partial charge in [-0.05, 0) is 0 Å². The Morgan fingerprint density at radius 1 is 1.00 bits per heavy atom. The maximum absolute atomic E-state index is 5.97. The molecule has 2 aliphatic heterocycles. The van der Waals surface area contributed by atoms with Crippen LogP contribution in [0.4, 0.5) is 0 Å². The van der Waals surface area contributed by atoms with E-state index in [0.717, 1.165) is 0 Å². The van der Waals surface area contributed by atoms with Crippen LogP contribution in [0.2, 0.25) is 0 Å². The van der Waals surface area contributed by atoms with Crippen LogP contribution < -0.4 is 0 Å². The fourth-order valence-electron chi connectivity index (χ4n) is 1.11. The van der Waals surface area contributed by atoms with Gasteiger partial charge in [0, 0.05) is 0 Å². The molecule has 0 aromatic rings. The van der Waals surface area contributed by atoms with Gasteiger partial charge in [-0.25, -0.2) is 0 Å². The molecular formula is C6H5Cl5O2. The summed E-state index contributed by atoms with van der Waals surface area (Å²) in [5.74, 6) is 0. The lowest BCUT2D eigenvalue weighted by molar-refractivity contribution is 0.321. The molecule has 0 aromatic heterocycles. The van der Waals surface area contributed by atoms with Crippen LogP contribution in [0.5, 0.6) is 0 Å². The topological polar surface area (TPSA) is 25.1 Å². The molecular weight excluding hydrogens is 281 g/mol. The monoisotopic (exact) mass is 284 g/mol. The van der Waals surface area contributed by atoms with Crippen molar-refractivity contribution in [3.63, 3.8) is 0 Å². The zero-order valence-corrected chi connectivity index (χ0v) is 9.93. The van der Waals surface area contributed by atoms with Crippen LogP contribution in [-0.2, 0) is 9.47 Å². The number of alkyl halides is 5. The molecule has 7 heteroatoms. The van der Waals surface area contributed by atoms with Crippen molar-refractivity contribution in [2.75, 3.05) is 6.61 Å². The Morgan fingerprint density at radius 2 is 1.54 bits per heavy atom. The minimum atomic E-state index is -1.48. The van der Waals surface area contributed by atoms with Gasteiger partial charge in [-0.15, -0.1) is 0 Å². The fraction of sp³-hybridized carbons (Fsp3) is 1.00. The maximum atomic E-state index is 5.97. The van der Waals surface area contributed by atoms with E-state index in [4.69, 9.17) is 67.5 Å². The summed E-state index contributed by atoms with van der Waals surface area (Å²) in [4.78, 5) is 0. The van der Waals surface area contributed by atoms with Gasteiger partial charge in [-0.2, -0.15) is 0 Å². The highest BCUT2D eigenvalue weighted by Crippen LogP contribution is 2.54. The van der Waals surface area contributed by atoms with Gasteiger partial charge >= 0.3 is 0 Å². The molecule has 2 nitrogen and oxygen atoms in total. The molecule has 2 fully saturated rings. The highest BCUT2D eigenvalue weighted by molar-refractivity contribution is 6.68. The van der Waals surface area contributed by atoms with Crippen LogP contribution in [-0.4, -0.2) is 33.0 Å². The average molecular weight is 286 g/mol. The minimum Gasteiger partial charge on any atom is -0.370 e. The largest absolute Gasteiger partial charge is 0.370 e. The molecule has 76 valence electrons. The molecule has 0 N–H and O–H groups in total. The lowest BCUT2D eigenvalue weighted by Crippen LogP contribution is -2.32. The smallest absolute Gasteiger partial charge is 0.218 e. The van der Waals surface area contributed by atoms with Crippen molar-refractivity contribution in [1.29, 1.82) is 0 Å². The van der Waals surface area contributed by atoms with Crippen molar-refractivity contribution < 1.29 is 9.47 Å². The second kappa shape index (κ2) is 3.18. The third kappa shape index (κ3) is 2.15. The van der Waals surface area contributed by atoms with E-state index in [9.17, 15) is 0 Å². The van der Waals surface area contributed by atoms with Crippen LogP contribution >= 0.6 is 58.0 Å². The number of hydrogen-bond donors (Lipinski definition) is 0. The molecule has 0 bridgehead atoms. The summed E-state index contributed by atoms with van der Waals surface area (Å²) >= 11 is 28.8. The van der Waals surface area contributed by atoms with E-state index < -0.39 is 20.3 Å². The molecule has 0 amide bonds. The normalized spacial score (nSPS) is 39.0. The molecule has 3 atom stereocenters. The molecule has 2 heterocycles. The summed E-state index contributed by atoms with van der Waals surface area (Å²) in [5.41, 5.74) is 0. The van der Waals surface area contributed by atoms with Crippen molar-refractivity contribution >= 4 is 58.0 Å². The number of epoxide rings is 2. The minimum absolute atomic E-state index is 0.210. The summed E-state index contributed by atoms with van der Waals surface area (Å²) in [5, 5.41) is 0. The highest BCUT2D eigenvalue weighted by Gasteiger charge is 2.66. The van der Waals surface area contributed by atoms with Crippen molar-refractivity contribution in [3.05, 3.63) is 0 Å². The Morgan fingerprint density at radius 3 is 1.85 bits per heavy atom. The summed E-state index contributed by atoms with van der Waals surface area (Å²) in [6, 6.07) is 0. The maximum Gasteiger partial charge on any atom is 0.218 e. The number of rotatable bonds is 2. The third-order valence-corrected chi connectivity index (χ3v) is 3.52. The van der Waals surface area contributed by atoms with Crippen molar-refractivity contribution in [2.45, 2.75) is 26.4 Å². The first kappa shape index (κ1) is 10.9. The quantitative estimate of drug-likeness (QED) is 0.576. The Bertz CT molecular complexity index is 222. The standard InChI is InChI=1S/C6H5Cl5O2/c7-5(8,2-1-12-2)3-4(13-3)6(9,10)11/h2-4H,1H2. The van der Waals surface area contributed by atoms with E-state index in [1.54, 1.807) is 0 Å². The van der Waals surface area contributed by atoms with Gasteiger partial charge < -0.3 is 9.47 Å². The van der Waals surface area contributed by atoms with Crippen molar-refractivity contribution in [1.82, 2.24) is 0 Å². The van der Waals surface area contributed by atoms with Gasteiger partial charge in [0.2, 0.25) is 3.79 Å². The summed E-state index contributed by atoms with van der Waals surface area (Å²) < 4.78 is 7.49. The van der Waals surface area contributed by atoms with Crippen LogP contribution in [0.25, 0.3) is 0 Å². The van der Waals surface area contributed by atoms with E-state index in [-0.39, 0.29) is 6.10 Å². The van der Waals surface area contributed by atoms with Crippen molar-refractivity contribution in [2.24, 2.45) is 0 Å². The Hall–Kier alpha value is 1.37. The van der Waals surface area contributed by atoms with Gasteiger partial charge in [-0.1, -0.05) is 58.0 Å². The Labute approximate surface area is 100 Å². The van der Waals surface area contributed by atoms with Crippen LogP contribution in [0, 0.1) is 0 Å². The first-order valence-electron chi connectivity index (χ1n) is 3.55. The predicted molar refractivity (Wildman–Crippen MR) is 53.1 cm³/mol. The molecule has 2 aliphatic rings. The first-order chi connectivity index (χ1) is 5.83. The number of halogens is 5. The number of ether oxygens (including phenoxy) is 2. The van der Waals surface area contributed by atoms with Crippen LogP contribution in [0.3, 0.4) is 0 Å². The summed E-state index contributed by atoms with van der Waals surface area (Å²) in [6.45, 7) is 0.527. The second-order valence-corrected chi connectivity index (χ2v) is 6.83. The second-order valence-electron chi connectivity index (χ2n) is 3.02. The molecule has 0 spiro atoms. The fourth-order valence-corrected chi connectivity index (χ4v) is 2.19. The molecule has 13 heavy (non-hydrogen) atoms. The average Bonchev–Trinajstić information content (AvgIpc) is 2.81. The van der Waals surface area contributed by atoms with Gasteiger partial charge in [0.25, 0.3) is 0 Å². The molecule has 0 saturated carbocycles. The lowest BCUT2D eigenvalue weighted by atomic mass is 10.2. The van der Waals surface area contributed by atoms with E-state index in [2.05, 4.69) is 0 Å². The van der Waals surface area contributed by atoms with E-state index in [1.807, 2.05) is 0 Å². The molecule has 2 rings (SSSR count). The Kier molecular flexibility index (Phi) is 2.66.